The van der Waals surface area contributed by atoms with Crippen molar-refractivity contribution in [1.82, 2.24) is 0 Å². The van der Waals surface area contributed by atoms with Gasteiger partial charge in [-0.1, -0.05) is 37.9 Å². The molecule has 2 rings (SSSR count). The van der Waals surface area contributed by atoms with E-state index in [2.05, 4.69) is 37.2 Å². The molecule has 2 aromatic rings. The lowest BCUT2D eigenvalue weighted by Crippen LogP contribution is -2.36. The van der Waals surface area contributed by atoms with Crippen LogP contribution in [-0.2, 0) is 5.54 Å². The summed E-state index contributed by atoms with van der Waals surface area (Å²) in [5.41, 5.74) is 0.344. The van der Waals surface area contributed by atoms with Crippen molar-refractivity contribution in [3.8, 4) is 0 Å². The van der Waals surface area contributed by atoms with E-state index >= 15 is 0 Å². The Balaban J connectivity index is 2.35. The van der Waals surface area contributed by atoms with Crippen LogP contribution in [0.1, 0.15) is 12.5 Å². The topological polar surface area (TPSA) is 32.3 Å². The summed E-state index contributed by atoms with van der Waals surface area (Å²) in [5, 5.41) is 12.9. The van der Waals surface area contributed by atoms with Crippen LogP contribution in [0.4, 0.5) is 10.1 Å². The molecule has 0 aromatic heterocycles. The van der Waals surface area contributed by atoms with Crippen molar-refractivity contribution in [2.24, 2.45) is 0 Å². The van der Waals surface area contributed by atoms with E-state index in [9.17, 15) is 9.50 Å². The molecule has 0 aliphatic carbocycles. The molecule has 0 saturated carbocycles. The molecule has 0 amide bonds. The SMILES string of the molecule is CC(CO)(Nc1ccc(Br)cc1)c1ccc(Br)cc1F. The van der Waals surface area contributed by atoms with Crippen LogP contribution in [0.15, 0.2) is 51.4 Å². The van der Waals surface area contributed by atoms with Crippen molar-refractivity contribution in [2.75, 3.05) is 11.9 Å². The molecule has 2 N–H and O–H groups in total. The van der Waals surface area contributed by atoms with Gasteiger partial charge >= 0.3 is 0 Å². The summed E-state index contributed by atoms with van der Waals surface area (Å²) in [5.74, 6) is -0.361. The summed E-state index contributed by atoms with van der Waals surface area (Å²) in [4.78, 5) is 0. The van der Waals surface area contributed by atoms with Gasteiger partial charge in [-0.25, -0.2) is 4.39 Å². The van der Waals surface area contributed by atoms with Crippen molar-refractivity contribution in [3.05, 3.63) is 62.8 Å². The lowest BCUT2D eigenvalue weighted by molar-refractivity contribution is 0.220. The molecule has 5 heteroatoms. The lowest BCUT2D eigenvalue weighted by atomic mass is 9.92. The summed E-state index contributed by atoms with van der Waals surface area (Å²) >= 11 is 6.60. The summed E-state index contributed by atoms with van der Waals surface area (Å²) in [6.07, 6.45) is 0. The molecule has 0 fully saturated rings. The Morgan fingerprint density at radius 2 is 1.70 bits per heavy atom. The third-order valence-corrected chi connectivity index (χ3v) is 4.13. The van der Waals surface area contributed by atoms with Gasteiger partial charge in [0.25, 0.3) is 0 Å². The van der Waals surface area contributed by atoms with E-state index in [0.29, 0.717) is 10.0 Å². The number of nitrogens with one attached hydrogen (secondary N) is 1. The van der Waals surface area contributed by atoms with Crippen molar-refractivity contribution < 1.29 is 9.50 Å². The highest BCUT2D eigenvalue weighted by molar-refractivity contribution is 9.10. The van der Waals surface area contributed by atoms with Gasteiger partial charge in [-0.2, -0.15) is 0 Å². The number of hydrogen-bond donors (Lipinski definition) is 2. The van der Waals surface area contributed by atoms with Crippen molar-refractivity contribution in [2.45, 2.75) is 12.5 Å². The molecule has 2 nitrogen and oxygen atoms in total. The van der Waals surface area contributed by atoms with Crippen LogP contribution in [0.5, 0.6) is 0 Å². The molecular weight excluding hydrogens is 389 g/mol. The van der Waals surface area contributed by atoms with Gasteiger partial charge in [-0.15, -0.1) is 0 Å². The molecule has 20 heavy (non-hydrogen) atoms. The first kappa shape index (κ1) is 15.5. The van der Waals surface area contributed by atoms with Gasteiger partial charge in [-0.3, -0.25) is 0 Å². The number of aliphatic hydroxyl groups excluding tert-OH is 1. The van der Waals surface area contributed by atoms with Crippen molar-refractivity contribution in [3.63, 3.8) is 0 Å². The van der Waals surface area contributed by atoms with E-state index in [1.165, 1.54) is 6.07 Å². The summed E-state index contributed by atoms with van der Waals surface area (Å²) in [6.45, 7) is 1.54. The van der Waals surface area contributed by atoms with E-state index < -0.39 is 5.54 Å². The maximum atomic E-state index is 14.1. The monoisotopic (exact) mass is 401 g/mol. The second-order valence-corrected chi connectivity index (χ2v) is 6.58. The fourth-order valence-corrected chi connectivity index (χ4v) is 2.58. The van der Waals surface area contributed by atoms with E-state index in [1.54, 1.807) is 19.1 Å². The quantitative estimate of drug-likeness (QED) is 0.778. The zero-order chi connectivity index (χ0) is 14.8. The van der Waals surface area contributed by atoms with Gasteiger partial charge in [0, 0.05) is 20.2 Å². The van der Waals surface area contributed by atoms with Crippen LogP contribution >= 0.6 is 31.9 Å². The summed E-state index contributed by atoms with van der Waals surface area (Å²) in [6, 6.07) is 12.3. The summed E-state index contributed by atoms with van der Waals surface area (Å²) < 4.78 is 15.7. The molecule has 106 valence electrons. The normalized spacial score (nSPS) is 13.8. The average molecular weight is 403 g/mol. The predicted octanol–water partition coefficient (Wildman–Crippen LogP) is 4.67. The van der Waals surface area contributed by atoms with Gasteiger partial charge in [-0.05, 0) is 43.3 Å². The number of aliphatic hydroxyl groups is 1. The second kappa shape index (κ2) is 6.24. The molecule has 0 radical (unpaired) electrons. The molecule has 0 heterocycles. The molecular formula is C15H14Br2FNO. The molecule has 0 spiro atoms. The minimum Gasteiger partial charge on any atom is -0.394 e. The Bertz CT molecular complexity index is 603. The van der Waals surface area contributed by atoms with Crippen LogP contribution in [0.25, 0.3) is 0 Å². The highest BCUT2D eigenvalue weighted by Gasteiger charge is 2.28. The van der Waals surface area contributed by atoms with Crippen LogP contribution in [-0.4, -0.2) is 11.7 Å². The average Bonchev–Trinajstić information content (AvgIpc) is 2.41. The Morgan fingerprint density at radius 1 is 1.10 bits per heavy atom. The van der Waals surface area contributed by atoms with Crippen LogP contribution in [0.3, 0.4) is 0 Å². The Morgan fingerprint density at radius 3 is 2.25 bits per heavy atom. The third kappa shape index (κ3) is 3.40. The maximum absolute atomic E-state index is 14.1. The molecule has 0 aliphatic heterocycles. The van der Waals surface area contributed by atoms with E-state index in [-0.39, 0.29) is 12.4 Å². The zero-order valence-electron chi connectivity index (χ0n) is 10.8. The molecule has 1 unspecified atom stereocenters. The molecule has 1 atom stereocenters. The standard InChI is InChI=1S/C15H14Br2FNO/c1-15(9-20,13-7-4-11(17)8-14(13)18)19-12-5-2-10(16)3-6-12/h2-8,19-20H,9H2,1H3. The minimum atomic E-state index is -0.890. The number of anilines is 1. The van der Waals surface area contributed by atoms with Gasteiger partial charge < -0.3 is 10.4 Å². The molecule has 0 bridgehead atoms. The van der Waals surface area contributed by atoms with Crippen LogP contribution in [0, 0.1) is 5.82 Å². The first-order chi connectivity index (χ1) is 9.44. The fraction of sp³-hybridized carbons (Fsp3) is 0.200. The number of rotatable bonds is 4. The van der Waals surface area contributed by atoms with Crippen molar-refractivity contribution in [1.29, 1.82) is 0 Å². The van der Waals surface area contributed by atoms with E-state index in [4.69, 9.17) is 0 Å². The fourth-order valence-electron chi connectivity index (χ4n) is 1.98. The van der Waals surface area contributed by atoms with Gasteiger partial charge in [0.2, 0.25) is 0 Å². The van der Waals surface area contributed by atoms with Gasteiger partial charge in [0.15, 0.2) is 0 Å². The lowest BCUT2D eigenvalue weighted by Gasteiger charge is -2.31. The highest BCUT2D eigenvalue weighted by Crippen LogP contribution is 2.30. The number of benzene rings is 2. The van der Waals surface area contributed by atoms with E-state index in [0.717, 1.165) is 10.2 Å². The molecule has 0 aliphatic rings. The first-order valence-electron chi connectivity index (χ1n) is 6.05. The van der Waals surface area contributed by atoms with Gasteiger partial charge in [0.05, 0.1) is 12.1 Å². The van der Waals surface area contributed by atoms with Crippen LogP contribution < -0.4 is 5.32 Å². The Hall–Kier alpha value is -0.910. The zero-order valence-corrected chi connectivity index (χ0v) is 14.0. The largest absolute Gasteiger partial charge is 0.394 e. The second-order valence-electron chi connectivity index (χ2n) is 4.75. The maximum Gasteiger partial charge on any atom is 0.129 e. The number of halogens is 3. The Kier molecular flexibility index (Phi) is 4.83. The van der Waals surface area contributed by atoms with Crippen molar-refractivity contribution >= 4 is 37.5 Å². The first-order valence-corrected chi connectivity index (χ1v) is 7.63. The van der Waals surface area contributed by atoms with Crippen LogP contribution in [0.2, 0.25) is 0 Å². The molecule has 0 saturated heterocycles. The van der Waals surface area contributed by atoms with Gasteiger partial charge in [0.1, 0.15) is 5.82 Å². The molecule has 2 aromatic carbocycles. The Labute approximate surface area is 134 Å². The number of hydrogen-bond acceptors (Lipinski definition) is 2. The minimum absolute atomic E-state index is 0.221. The smallest absolute Gasteiger partial charge is 0.129 e. The third-order valence-electron chi connectivity index (χ3n) is 3.11. The summed E-state index contributed by atoms with van der Waals surface area (Å²) in [7, 11) is 0. The highest BCUT2D eigenvalue weighted by atomic mass is 79.9. The predicted molar refractivity (Wildman–Crippen MR) is 86.3 cm³/mol. The van der Waals surface area contributed by atoms with E-state index in [1.807, 2.05) is 24.3 Å².